The Labute approximate surface area is 219 Å². The summed E-state index contributed by atoms with van der Waals surface area (Å²) in [6.07, 6.45) is -4.79. The number of phenols is 1. The van der Waals surface area contributed by atoms with E-state index in [-0.39, 0.29) is 41.1 Å². The van der Waals surface area contributed by atoms with Crippen molar-refractivity contribution < 1.29 is 49.3 Å². The summed E-state index contributed by atoms with van der Waals surface area (Å²) in [6.45, 7) is 2.99. The van der Waals surface area contributed by atoms with E-state index in [9.17, 15) is 35.1 Å². The number of ether oxygens (including phenoxy) is 3. The third-order valence-electron chi connectivity index (χ3n) is 7.38. The molecule has 1 heterocycles. The van der Waals surface area contributed by atoms with Crippen LogP contribution in [0.5, 0.6) is 17.2 Å². The molecule has 2 aromatic rings. The fraction of sp³-hybridized carbons (Fsp3) is 0.481. The fourth-order valence-corrected chi connectivity index (χ4v) is 5.37. The van der Waals surface area contributed by atoms with Crippen LogP contribution < -0.4 is 15.2 Å². The molecule has 11 heteroatoms. The van der Waals surface area contributed by atoms with E-state index in [0.717, 1.165) is 0 Å². The molecule has 7 N–H and O–H groups in total. The average Bonchev–Trinajstić information content (AvgIpc) is 2.86. The van der Waals surface area contributed by atoms with E-state index in [2.05, 4.69) is 0 Å². The number of benzene rings is 2. The minimum Gasteiger partial charge on any atom is -0.506 e. The highest BCUT2D eigenvalue weighted by molar-refractivity contribution is 6.07. The Morgan fingerprint density at radius 2 is 1.92 bits per heavy atom. The molecule has 1 fully saturated rings. The third kappa shape index (κ3) is 4.89. The first-order valence-electron chi connectivity index (χ1n) is 12.2. The topological polar surface area (TPSA) is 189 Å². The lowest BCUT2D eigenvalue weighted by Crippen LogP contribution is -2.66. The van der Waals surface area contributed by atoms with Crippen molar-refractivity contribution in [1.82, 2.24) is 0 Å². The van der Waals surface area contributed by atoms with Gasteiger partial charge < -0.3 is 50.3 Å². The van der Waals surface area contributed by atoms with Crippen LogP contribution in [0.4, 0.5) is 0 Å². The maximum atomic E-state index is 12.2. The first kappa shape index (κ1) is 28.0. The Morgan fingerprint density at radius 1 is 1.21 bits per heavy atom. The van der Waals surface area contributed by atoms with E-state index >= 15 is 0 Å². The van der Waals surface area contributed by atoms with Gasteiger partial charge in [0.1, 0.15) is 53.6 Å². The molecule has 2 aliphatic rings. The summed E-state index contributed by atoms with van der Waals surface area (Å²) in [5.41, 5.74) is 4.81. The fourth-order valence-electron chi connectivity index (χ4n) is 5.37. The van der Waals surface area contributed by atoms with Gasteiger partial charge in [0.15, 0.2) is 5.78 Å². The van der Waals surface area contributed by atoms with Gasteiger partial charge in [-0.15, -0.1) is 0 Å². The number of phenolic OH excluding ortho intramolecular Hbond substituents is 1. The van der Waals surface area contributed by atoms with E-state index in [0.29, 0.717) is 23.0 Å². The van der Waals surface area contributed by atoms with Gasteiger partial charge in [-0.1, -0.05) is 18.2 Å². The smallest absolute Gasteiger partial charge is 0.229 e. The number of aldehydes is 1. The molecule has 4 rings (SSSR count). The number of nitrogens with two attached hydrogens (primary N) is 1. The third-order valence-corrected chi connectivity index (χ3v) is 7.38. The monoisotopic (exact) mass is 531 g/mol. The zero-order chi connectivity index (χ0) is 27.9. The van der Waals surface area contributed by atoms with Gasteiger partial charge in [0.25, 0.3) is 0 Å². The second-order valence-corrected chi connectivity index (χ2v) is 10.0. The SMILES string of the molecule is COc1cc(O[C@H]2O[C@H]([C@]3(O)C=C[C@H](N)[C@H](CC=O)C3)[C@@H](O)[C@H](O)[C@H]2O)c2c(O)c(C(C)=O)c(C)cc2c1. The molecule has 1 aliphatic carbocycles. The predicted octanol–water partition coefficient (Wildman–Crippen LogP) is 0.475. The number of aromatic hydroxyl groups is 1. The molecule has 38 heavy (non-hydrogen) atoms. The number of aryl methyl sites for hydroxylation is 1. The zero-order valence-corrected chi connectivity index (χ0v) is 21.3. The van der Waals surface area contributed by atoms with Crippen LogP contribution in [0.1, 0.15) is 35.7 Å². The van der Waals surface area contributed by atoms with Crippen molar-refractivity contribution in [2.24, 2.45) is 11.7 Å². The lowest BCUT2D eigenvalue weighted by Gasteiger charge is -2.48. The van der Waals surface area contributed by atoms with Gasteiger partial charge in [0, 0.05) is 18.5 Å². The summed E-state index contributed by atoms with van der Waals surface area (Å²) in [6, 6.07) is 4.21. The van der Waals surface area contributed by atoms with Crippen molar-refractivity contribution in [3.63, 3.8) is 0 Å². The van der Waals surface area contributed by atoms with Crippen LogP contribution in [0.3, 0.4) is 0 Å². The Morgan fingerprint density at radius 3 is 2.55 bits per heavy atom. The maximum Gasteiger partial charge on any atom is 0.229 e. The highest BCUT2D eigenvalue weighted by Gasteiger charge is 2.54. The Kier molecular flexibility index (Phi) is 7.80. The van der Waals surface area contributed by atoms with Gasteiger partial charge in [-0.25, -0.2) is 0 Å². The number of methoxy groups -OCH3 is 1. The highest BCUT2D eigenvalue weighted by atomic mass is 16.7. The zero-order valence-electron chi connectivity index (χ0n) is 21.3. The molecule has 0 amide bonds. The number of hydrogen-bond acceptors (Lipinski definition) is 11. The first-order valence-corrected chi connectivity index (χ1v) is 12.2. The molecule has 0 aromatic heterocycles. The molecule has 0 unspecified atom stereocenters. The summed E-state index contributed by atoms with van der Waals surface area (Å²) < 4.78 is 17.1. The molecular formula is C27H33NO10. The van der Waals surface area contributed by atoms with Crippen molar-refractivity contribution in [1.29, 1.82) is 0 Å². The van der Waals surface area contributed by atoms with Crippen molar-refractivity contribution in [2.45, 2.75) is 69.0 Å². The van der Waals surface area contributed by atoms with Gasteiger partial charge in [-0.05, 0) is 43.2 Å². The molecule has 2 aromatic carbocycles. The van der Waals surface area contributed by atoms with Crippen LogP contribution in [0.15, 0.2) is 30.4 Å². The predicted molar refractivity (Wildman–Crippen MR) is 135 cm³/mol. The molecule has 1 saturated heterocycles. The first-order chi connectivity index (χ1) is 17.9. The molecule has 0 bridgehead atoms. The van der Waals surface area contributed by atoms with E-state index in [1.807, 2.05) is 0 Å². The van der Waals surface area contributed by atoms with Crippen LogP contribution in [0.2, 0.25) is 0 Å². The molecule has 0 radical (unpaired) electrons. The Hall–Kier alpha value is -3.06. The van der Waals surface area contributed by atoms with Gasteiger partial charge in [-0.3, -0.25) is 4.79 Å². The number of fused-ring (bicyclic) bond motifs is 1. The average molecular weight is 532 g/mol. The summed E-state index contributed by atoms with van der Waals surface area (Å²) >= 11 is 0. The van der Waals surface area contributed by atoms with Crippen molar-refractivity contribution in [3.8, 4) is 17.2 Å². The van der Waals surface area contributed by atoms with Crippen molar-refractivity contribution in [3.05, 3.63) is 41.5 Å². The number of rotatable bonds is 7. The lowest BCUT2D eigenvalue weighted by atomic mass is 9.73. The standard InChI is InChI=1S/C27H33NO10/c1-12-8-15-9-16(36-3)10-18(20(15)21(31)19(12)13(2)30)37-26-24(34)22(32)23(33)25(38-26)27(35)6-4-17(28)14(11-27)5-7-29/h4,6-10,14,17,22-26,31-35H,5,11,28H2,1-3H3/t14-,17+,22+,23+,24-,25+,26+,27+/m1/s1. The second-order valence-electron chi connectivity index (χ2n) is 10.0. The van der Waals surface area contributed by atoms with Crippen LogP contribution in [0.25, 0.3) is 10.8 Å². The van der Waals surface area contributed by atoms with E-state index in [1.165, 1.54) is 32.3 Å². The van der Waals surface area contributed by atoms with Crippen molar-refractivity contribution in [2.75, 3.05) is 7.11 Å². The number of aliphatic hydroxyl groups excluding tert-OH is 3. The maximum absolute atomic E-state index is 12.2. The minimum atomic E-state index is -1.84. The number of ketones is 1. The quantitative estimate of drug-likeness (QED) is 0.166. The van der Waals surface area contributed by atoms with Crippen LogP contribution in [-0.2, 0) is 9.53 Å². The minimum absolute atomic E-state index is 0.0298. The van der Waals surface area contributed by atoms with Crippen LogP contribution in [-0.4, -0.2) is 87.1 Å². The highest BCUT2D eigenvalue weighted by Crippen LogP contribution is 2.43. The number of aliphatic hydroxyl groups is 4. The number of hydrogen-bond donors (Lipinski definition) is 6. The molecular weight excluding hydrogens is 498 g/mol. The van der Waals surface area contributed by atoms with E-state index in [1.54, 1.807) is 19.1 Å². The number of carbonyl (C=O) groups excluding carboxylic acids is 2. The van der Waals surface area contributed by atoms with Crippen LogP contribution >= 0.6 is 0 Å². The molecule has 1 aliphatic heterocycles. The molecule has 0 spiro atoms. The van der Waals surface area contributed by atoms with E-state index in [4.69, 9.17) is 19.9 Å². The number of Topliss-reactive ketones (excluding diaryl/α,β-unsaturated/α-hetero) is 1. The summed E-state index contributed by atoms with van der Waals surface area (Å²) in [4.78, 5) is 23.3. The Bertz CT molecular complexity index is 1260. The van der Waals surface area contributed by atoms with E-state index < -0.39 is 48.3 Å². The molecule has 8 atom stereocenters. The van der Waals surface area contributed by atoms with Crippen molar-refractivity contribution >= 4 is 22.8 Å². The molecule has 206 valence electrons. The second kappa shape index (κ2) is 10.6. The van der Waals surface area contributed by atoms with Gasteiger partial charge >= 0.3 is 0 Å². The summed E-state index contributed by atoms with van der Waals surface area (Å²) in [5.74, 6) is -0.853. The summed E-state index contributed by atoms with van der Waals surface area (Å²) in [7, 11) is 1.43. The normalized spacial score (nSPS) is 33.2. The van der Waals surface area contributed by atoms with Gasteiger partial charge in [0.05, 0.1) is 18.1 Å². The lowest BCUT2D eigenvalue weighted by molar-refractivity contribution is -0.300. The molecule has 11 nitrogen and oxygen atoms in total. The van der Waals surface area contributed by atoms with Gasteiger partial charge in [0.2, 0.25) is 6.29 Å². The van der Waals surface area contributed by atoms with Crippen LogP contribution in [0, 0.1) is 12.8 Å². The summed E-state index contributed by atoms with van der Waals surface area (Å²) in [5, 5.41) is 55.2. The van der Waals surface area contributed by atoms with Gasteiger partial charge in [-0.2, -0.15) is 0 Å². The number of carbonyl (C=O) groups is 2. The Balaban J connectivity index is 1.75. The molecule has 0 saturated carbocycles. The largest absolute Gasteiger partial charge is 0.506 e.